The van der Waals surface area contributed by atoms with Gasteiger partial charge in [-0.15, -0.1) is 0 Å². The van der Waals surface area contributed by atoms with E-state index in [9.17, 15) is 9.59 Å². The molecular weight excluding hydrogens is 653 g/mol. The molecule has 0 spiro atoms. The highest BCUT2D eigenvalue weighted by atomic mass is 32.2. The van der Waals surface area contributed by atoms with Gasteiger partial charge in [-0.2, -0.15) is 0 Å². The molecular formula is C44H30N2O4S. The smallest absolute Gasteiger partial charge is 0.343 e. The van der Waals surface area contributed by atoms with Gasteiger partial charge in [-0.1, -0.05) is 103 Å². The van der Waals surface area contributed by atoms with E-state index in [1.165, 1.54) is 0 Å². The van der Waals surface area contributed by atoms with Gasteiger partial charge in [-0.3, -0.25) is 0 Å². The number of carbonyl (C=O) groups excluding carboxylic acids is 2. The number of allylic oxidation sites excluding steroid dienone is 6. The molecule has 0 atom stereocenters. The molecule has 0 aromatic heterocycles. The number of hydrogen-bond donors (Lipinski definition) is 1. The Balaban J connectivity index is 0.980. The number of carbonyl (C=O) groups is 2. The molecule has 3 aliphatic rings. The minimum Gasteiger partial charge on any atom is -0.422 e. The first-order valence-electron chi connectivity index (χ1n) is 16.4. The van der Waals surface area contributed by atoms with Crippen molar-refractivity contribution < 1.29 is 19.1 Å². The van der Waals surface area contributed by atoms with Gasteiger partial charge in [0.1, 0.15) is 11.5 Å². The zero-order valence-electron chi connectivity index (χ0n) is 27.3. The van der Waals surface area contributed by atoms with Crippen LogP contribution < -0.4 is 5.73 Å². The zero-order valence-corrected chi connectivity index (χ0v) is 28.1. The Morgan fingerprint density at radius 3 is 1.73 bits per heavy atom. The standard InChI is InChI=1S/C44H30N2O4S/c45-38-25-30(37-26-40(35-17-9-7-15-33(35)37)49-43(47)28-11-3-1-4-12-28)19-24-42(38)51-32-22-20-31(21-23-32)46-39-27-41(36-18-10-8-16-34(36)39)50-44(48)29-13-5-2-6-14-29/h1-24,26-27H,25,45H2. The predicted octanol–water partition coefficient (Wildman–Crippen LogP) is 9.91. The third kappa shape index (κ3) is 6.63. The largest absolute Gasteiger partial charge is 0.422 e. The molecule has 2 N–H and O–H groups in total. The molecule has 3 aliphatic carbocycles. The molecule has 0 saturated heterocycles. The second-order valence-corrected chi connectivity index (χ2v) is 13.2. The Bertz CT molecular complexity index is 2390. The maximum atomic E-state index is 12.9. The van der Waals surface area contributed by atoms with E-state index >= 15 is 0 Å². The minimum absolute atomic E-state index is 0.392. The lowest BCUT2D eigenvalue weighted by Gasteiger charge is -2.16. The molecule has 8 rings (SSSR count). The van der Waals surface area contributed by atoms with Crippen molar-refractivity contribution in [1.29, 1.82) is 0 Å². The van der Waals surface area contributed by atoms with Crippen LogP contribution in [-0.2, 0) is 9.47 Å². The van der Waals surface area contributed by atoms with E-state index in [0.29, 0.717) is 29.1 Å². The summed E-state index contributed by atoms with van der Waals surface area (Å²) in [5.41, 5.74) is 15.6. The van der Waals surface area contributed by atoms with E-state index < -0.39 is 11.9 Å². The quantitative estimate of drug-likeness (QED) is 0.172. The van der Waals surface area contributed by atoms with Gasteiger partial charge in [0.15, 0.2) is 0 Å². The van der Waals surface area contributed by atoms with Gasteiger partial charge in [0.25, 0.3) is 0 Å². The van der Waals surface area contributed by atoms with Gasteiger partial charge >= 0.3 is 11.9 Å². The number of rotatable bonds is 7. The molecule has 5 aromatic carbocycles. The van der Waals surface area contributed by atoms with Gasteiger partial charge in [0.05, 0.1) is 22.5 Å². The molecule has 0 heterocycles. The molecule has 6 nitrogen and oxygen atoms in total. The van der Waals surface area contributed by atoms with Gasteiger partial charge in [-0.25, -0.2) is 14.6 Å². The first-order valence-corrected chi connectivity index (χ1v) is 17.3. The lowest BCUT2D eigenvalue weighted by molar-refractivity contribution is 0.0683. The molecule has 0 aliphatic heterocycles. The van der Waals surface area contributed by atoms with E-state index in [-0.39, 0.29) is 0 Å². The number of thioether (sulfide) groups is 1. The fourth-order valence-electron chi connectivity index (χ4n) is 6.19. The van der Waals surface area contributed by atoms with Gasteiger partial charge in [0.2, 0.25) is 0 Å². The summed E-state index contributed by atoms with van der Waals surface area (Å²) in [5.74, 6) is 0.206. The average Bonchev–Trinajstić information content (AvgIpc) is 3.71. The highest BCUT2D eigenvalue weighted by molar-refractivity contribution is 8.03. The average molecular weight is 683 g/mol. The van der Waals surface area contributed by atoms with Crippen LogP contribution in [0.3, 0.4) is 0 Å². The van der Waals surface area contributed by atoms with Crippen molar-refractivity contribution in [2.45, 2.75) is 11.3 Å². The molecule has 7 heteroatoms. The summed E-state index contributed by atoms with van der Waals surface area (Å²) >= 11 is 1.60. The van der Waals surface area contributed by atoms with Crippen molar-refractivity contribution in [3.05, 3.63) is 207 Å². The summed E-state index contributed by atoms with van der Waals surface area (Å²) in [7, 11) is 0. The molecule has 0 fully saturated rings. The summed E-state index contributed by atoms with van der Waals surface area (Å²) < 4.78 is 11.7. The molecule has 0 unspecified atom stereocenters. The van der Waals surface area contributed by atoms with Crippen LogP contribution in [0.1, 0.15) is 49.4 Å². The normalized spacial score (nSPS) is 16.7. The molecule has 0 saturated carbocycles. The van der Waals surface area contributed by atoms with Crippen molar-refractivity contribution in [3.63, 3.8) is 0 Å². The van der Waals surface area contributed by atoms with Crippen molar-refractivity contribution in [2.24, 2.45) is 10.7 Å². The van der Waals surface area contributed by atoms with Crippen LogP contribution in [0.2, 0.25) is 0 Å². The number of hydrogen-bond acceptors (Lipinski definition) is 7. The number of nitrogens with zero attached hydrogens (tertiary/aromatic N) is 1. The van der Waals surface area contributed by atoms with Crippen LogP contribution in [0.4, 0.5) is 5.69 Å². The summed E-state index contributed by atoms with van der Waals surface area (Å²) in [4.78, 5) is 32.5. The van der Waals surface area contributed by atoms with Crippen LogP contribution in [0.25, 0.3) is 17.1 Å². The number of ether oxygens (including phenoxy) is 2. The molecule has 0 radical (unpaired) electrons. The molecule has 51 heavy (non-hydrogen) atoms. The molecule has 5 aromatic rings. The zero-order chi connectivity index (χ0) is 34.7. The summed E-state index contributed by atoms with van der Waals surface area (Å²) in [5, 5.41) is 0. The Hall–Kier alpha value is -6.44. The second-order valence-electron chi connectivity index (χ2n) is 12.1. The van der Waals surface area contributed by atoms with Gasteiger partial charge in [-0.05, 0) is 77.4 Å². The van der Waals surface area contributed by atoms with Crippen molar-refractivity contribution in [3.8, 4) is 0 Å². The number of esters is 2. The summed E-state index contributed by atoms with van der Waals surface area (Å²) in [6, 6.07) is 41.6. The molecule has 246 valence electrons. The van der Waals surface area contributed by atoms with Gasteiger partial charge < -0.3 is 15.2 Å². The van der Waals surface area contributed by atoms with E-state index in [1.54, 1.807) is 36.0 Å². The van der Waals surface area contributed by atoms with Crippen LogP contribution in [0.5, 0.6) is 0 Å². The first-order chi connectivity index (χ1) is 25.0. The number of aliphatic imine (C=N–C) groups is 1. The fourth-order valence-corrected chi connectivity index (χ4v) is 7.05. The topological polar surface area (TPSA) is 91.0 Å². The third-order valence-corrected chi connectivity index (χ3v) is 9.84. The fraction of sp³-hybridized carbons (Fsp3) is 0.0227. The Morgan fingerprint density at radius 2 is 1.12 bits per heavy atom. The van der Waals surface area contributed by atoms with E-state index in [4.69, 9.17) is 20.2 Å². The predicted molar refractivity (Wildman–Crippen MR) is 203 cm³/mol. The second kappa shape index (κ2) is 13.8. The monoisotopic (exact) mass is 682 g/mol. The van der Waals surface area contributed by atoms with Crippen LogP contribution in [0.15, 0.2) is 184 Å². The number of nitrogens with two attached hydrogens (primary N) is 1. The first kappa shape index (κ1) is 31.8. The Kier molecular flexibility index (Phi) is 8.62. The van der Waals surface area contributed by atoms with E-state index in [2.05, 4.69) is 6.08 Å². The third-order valence-electron chi connectivity index (χ3n) is 8.71. The van der Waals surface area contributed by atoms with Crippen molar-refractivity contribution in [2.75, 3.05) is 0 Å². The minimum atomic E-state index is -0.411. The Labute approximate surface area is 299 Å². The van der Waals surface area contributed by atoms with E-state index in [0.717, 1.165) is 60.3 Å². The van der Waals surface area contributed by atoms with Crippen LogP contribution >= 0.6 is 11.8 Å². The highest BCUT2D eigenvalue weighted by Crippen LogP contribution is 2.42. The Morgan fingerprint density at radius 1 is 0.588 bits per heavy atom. The SMILES string of the molecule is NC1=C(Sc2ccc(N=C3C=C(OC(=O)c4ccccc4)c4ccccc43)cc2)C=CC(=C2C=C(OC(=O)c3ccccc3)c3ccccc32)C1. The van der Waals surface area contributed by atoms with Crippen LogP contribution in [-0.4, -0.2) is 17.7 Å². The highest BCUT2D eigenvalue weighted by Gasteiger charge is 2.26. The van der Waals surface area contributed by atoms with Crippen molar-refractivity contribution in [1.82, 2.24) is 0 Å². The molecule has 0 amide bonds. The van der Waals surface area contributed by atoms with Crippen molar-refractivity contribution >= 4 is 52.2 Å². The van der Waals surface area contributed by atoms with Crippen LogP contribution in [0, 0.1) is 0 Å². The lowest BCUT2D eigenvalue weighted by Crippen LogP contribution is -2.05. The van der Waals surface area contributed by atoms with E-state index in [1.807, 2.05) is 127 Å². The summed E-state index contributed by atoms with van der Waals surface area (Å²) in [6.07, 6.45) is 8.45. The lowest BCUT2D eigenvalue weighted by atomic mass is 9.95. The molecule has 0 bridgehead atoms. The number of benzene rings is 5. The van der Waals surface area contributed by atoms with Gasteiger partial charge in [0, 0.05) is 44.7 Å². The number of fused-ring (bicyclic) bond motifs is 2. The maximum Gasteiger partial charge on any atom is 0.343 e. The summed E-state index contributed by atoms with van der Waals surface area (Å²) in [6.45, 7) is 0. The maximum absolute atomic E-state index is 12.9.